The number of hydrogen-bond acceptors (Lipinski definition) is 5. The van der Waals surface area contributed by atoms with Crippen LogP contribution in [-0.4, -0.2) is 40.1 Å². The number of amides is 1. The van der Waals surface area contributed by atoms with Crippen LogP contribution in [0.5, 0.6) is 0 Å². The van der Waals surface area contributed by atoms with Crippen LogP contribution in [0.2, 0.25) is 0 Å². The summed E-state index contributed by atoms with van der Waals surface area (Å²) in [5.41, 5.74) is 7.06. The van der Waals surface area contributed by atoms with Crippen molar-refractivity contribution in [3.8, 4) is 11.5 Å². The highest BCUT2D eigenvalue weighted by Gasteiger charge is 2.33. The molecule has 2 atom stereocenters. The van der Waals surface area contributed by atoms with Crippen molar-refractivity contribution in [2.45, 2.75) is 39.2 Å². The van der Waals surface area contributed by atoms with Gasteiger partial charge in [0.1, 0.15) is 0 Å². The molecule has 0 spiro atoms. The van der Waals surface area contributed by atoms with Crippen LogP contribution < -0.4 is 5.73 Å². The fourth-order valence-electron chi connectivity index (χ4n) is 3.19. The van der Waals surface area contributed by atoms with Gasteiger partial charge in [-0.1, -0.05) is 31.1 Å². The molecule has 1 aromatic carbocycles. The number of likely N-dealkylation sites (tertiary alicyclic amines) is 1. The SMILES string of the molecule is CC(C)c1noc(-c2ccccc2C(=O)N2CC(CN)CC2C)n1. The van der Waals surface area contributed by atoms with Crippen molar-refractivity contribution in [3.63, 3.8) is 0 Å². The Hall–Kier alpha value is -2.21. The molecule has 1 aliphatic rings. The van der Waals surface area contributed by atoms with Crippen LogP contribution >= 0.6 is 0 Å². The van der Waals surface area contributed by atoms with E-state index in [1.807, 2.05) is 43.0 Å². The van der Waals surface area contributed by atoms with E-state index in [0.29, 0.717) is 41.8 Å². The third kappa shape index (κ3) is 3.06. The van der Waals surface area contributed by atoms with Gasteiger partial charge in [0.15, 0.2) is 5.82 Å². The average Bonchev–Trinajstić information content (AvgIpc) is 3.21. The molecule has 3 rings (SSSR count). The summed E-state index contributed by atoms with van der Waals surface area (Å²) < 4.78 is 5.38. The highest BCUT2D eigenvalue weighted by atomic mass is 16.5. The van der Waals surface area contributed by atoms with Crippen molar-refractivity contribution in [1.82, 2.24) is 15.0 Å². The normalized spacial score (nSPS) is 20.8. The monoisotopic (exact) mass is 328 g/mol. The number of rotatable bonds is 4. The van der Waals surface area contributed by atoms with Crippen LogP contribution in [0.3, 0.4) is 0 Å². The Bertz CT molecular complexity index is 725. The summed E-state index contributed by atoms with van der Waals surface area (Å²) in [5, 5.41) is 4.00. The second-order valence-corrected chi connectivity index (χ2v) is 6.80. The quantitative estimate of drug-likeness (QED) is 0.932. The minimum absolute atomic E-state index is 0.00153. The number of carbonyl (C=O) groups is 1. The first kappa shape index (κ1) is 16.6. The van der Waals surface area contributed by atoms with Crippen molar-refractivity contribution >= 4 is 5.91 Å². The molecule has 0 saturated carbocycles. The Kier molecular flexibility index (Phi) is 4.66. The molecule has 1 aromatic heterocycles. The van der Waals surface area contributed by atoms with Crippen molar-refractivity contribution in [2.24, 2.45) is 11.7 Å². The van der Waals surface area contributed by atoms with E-state index in [1.165, 1.54) is 0 Å². The molecular formula is C18H24N4O2. The third-order valence-corrected chi connectivity index (χ3v) is 4.60. The first-order valence-electron chi connectivity index (χ1n) is 8.45. The summed E-state index contributed by atoms with van der Waals surface area (Å²) in [5.74, 6) is 1.58. The predicted molar refractivity (Wildman–Crippen MR) is 91.5 cm³/mol. The molecule has 6 heteroatoms. The number of benzene rings is 1. The number of hydrogen-bond donors (Lipinski definition) is 1. The van der Waals surface area contributed by atoms with Crippen LogP contribution in [0.15, 0.2) is 28.8 Å². The molecule has 2 heterocycles. The van der Waals surface area contributed by atoms with Gasteiger partial charge >= 0.3 is 0 Å². The minimum atomic E-state index is -0.00153. The van der Waals surface area contributed by atoms with Crippen LogP contribution in [0.25, 0.3) is 11.5 Å². The molecule has 2 unspecified atom stereocenters. The van der Waals surface area contributed by atoms with E-state index in [0.717, 1.165) is 6.42 Å². The first-order chi connectivity index (χ1) is 11.5. The maximum atomic E-state index is 13.0. The van der Waals surface area contributed by atoms with Crippen molar-refractivity contribution < 1.29 is 9.32 Å². The maximum absolute atomic E-state index is 13.0. The van der Waals surface area contributed by atoms with E-state index in [-0.39, 0.29) is 17.9 Å². The van der Waals surface area contributed by atoms with Crippen LogP contribution in [-0.2, 0) is 0 Å². The summed E-state index contributed by atoms with van der Waals surface area (Å²) in [7, 11) is 0. The lowest BCUT2D eigenvalue weighted by Crippen LogP contribution is -2.34. The van der Waals surface area contributed by atoms with Gasteiger partial charge < -0.3 is 15.2 Å². The van der Waals surface area contributed by atoms with Gasteiger partial charge in [-0.15, -0.1) is 0 Å². The Morgan fingerprint density at radius 3 is 2.79 bits per heavy atom. The second-order valence-electron chi connectivity index (χ2n) is 6.80. The highest BCUT2D eigenvalue weighted by molar-refractivity contribution is 6.00. The molecule has 1 fully saturated rings. The average molecular weight is 328 g/mol. The van der Waals surface area contributed by atoms with Crippen molar-refractivity contribution in [3.05, 3.63) is 35.7 Å². The van der Waals surface area contributed by atoms with E-state index >= 15 is 0 Å². The summed E-state index contributed by atoms with van der Waals surface area (Å²) >= 11 is 0. The molecular weight excluding hydrogens is 304 g/mol. The fourth-order valence-corrected chi connectivity index (χ4v) is 3.19. The third-order valence-electron chi connectivity index (χ3n) is 4.60. The smallest absolute Gasteiger partial charge is 0.258 e. The molecule has 0 aliphatic carbocycles. The molecule has 0 bridgehead atoms. The van der Waals surface area contributed by atoms with Crippen LogP contribution in [0.1, 0.15) is 49.3 Å². The fraction of sp³-hybridized carbons (Fsp3) is 0.500. The molecule has 24 heavy (non-hydrogen) atoms. The molecule has 1 saturated heterocycles. The molecule has 128 valence electrons. The van der Waals surface area contributed by atoms with Crippen LogP contribution in [0, 0.1) is 5.92 Å². The van der Waals surface area contributed by atoms with Crippen LogP contribution in [0.4, 0.5) is 0 Å². The topological polar surface area (TPSA) is 85.2 Å². The van der Waals surface area contributed by atoms with Gasteiger partial charge in [-0.25, -0.2) is 0 Å². The van der Waals surface area contributed by atoms with Crippen molar-refractivity contribution in [1.29, 1.82) is 0 Å². The zero-order chi connectivity index (χ0) is 17.3. The number of aromatic nitrogens is 2. The number of nitrogens with two attached hydrogens (primary N) is 1. The van der Waals surface area contributed by atoms with Gasteiger partial charge in [0.25, 0.3) is 11.8 Å². The van der Waals surface area contributed by atoms with Gasteiger partial charge in [0.2, 0.25) is 0 Å². The Morgan fingerprint density at radius 2 is 2.17 bits per heavy atom. The lowest BCUT2D eigenvalue weighted by Gasteiger charge is -2.22. The molecule has 2 N–H and O–H groups in total. The first-order valence-corrected chi connectivity index (χ1v) is 8.45. The van der Waals surface area contributed by atoms with E-state index in [1.54, 1.807) is 0 Å². The van der Waals surface area contributed by atoms with Crippen molar-refractivity contribution in [2.75, 3.05) is 13.1 Å². The second kappa shape index (κ2) is 6.73. The largest absolute Gasteiger partial charge is 0.336 e. The molecule has 0 radical (unpaired) electrons. The summed E-state index contributed by atoms with van der Waals surface area (Å²) in [6, 6.07) is 7.60. The zero-order valence-corrected chi connectivity index (χ0v) is 14.4. The standard InChI is InChI=1S/C18H24N4O2/c1-11(2)16-20-17(24-21-16)14-6-4-5-7-15(14)18(23)22-10-13(9-19)8-12(22)3/h4-7,11-13H,8-10,19H2,1-3H3. The number of nitrogens with zero attached hydrogens (tertiary/aromatic N) is 3. The van der Waals surface area contributed by atoms with E-state index in [9.17, 15) is 4.79 Å². The molecule has 1 aliphatic heterocycles. The van der Waals surface area contributed by atoms with E-state index in [4.69, 9.17) is 10.3 Å². The van der Waals surface area contributed by atoms with E-state index < -0.39 is 0 Å². The van der Waals surface area contributed by atoms with E-state index in [2.05, 4.69) is 17.1 Å². The maximum Gasteiger partial charge on any atom is 0.258 e. The molecule has 2 aromatic rings. The highest BCUT2D eigenvalue weighted by Crippen LogP contribution is 2.29. The summed E-state index contributed by atoms with van der Waals surface area (Å²) in [6.45, 7) is 7.39. The minimum Gasteiger partial charge on any atom is -0.336 e. The predicted octanol–water partition coefficient (Wildman–Crippen LogP) is 2.67. The van der Waals surface area contributed by atoms with Gasteiger partial charge in [0, 0.05) is 18.5 Å². The summed E-state index contributed by atoms with van der Waals surface area (Å²) in [6.07, 6.45) is 0.947. The number of carbonyl (C=O) groups excluding carboxylic acids is 1. The van der Waals surface area contributed by atoms with Gasteiger partial charge in [-0.3, -0.25) is 4.79 Å². The van der Waals surface area contributed by atoms with Gasteiger partial charge in [0.05, 0.1) is 11.1 Å². The Morgan fingerprint density at radius 1 is 1.42 bits per heavy atom. The zero-order valence-electron chi connectivity index (χ0n) is 14.4. The lowest BCUT2D eigenvalue weighted by molar-refractivity contribution is 0.0744. The van der Waals surface area contributed by atoms with Gasteiger partial charge in [-0.05, 0) is 37.9 Å². The lowest BCUT2D eigenvalue weighted by atomic mass is 10.1. The molecule has 6 nitrogen and oxygen atoms in total. The Balaban J connectivity index is 1.93. The Labute approximate surface area is 142 Å². The molecule has 1 amide bonds. The van der Waals surface area contributed by atoms with Gasteiger partial charge in [-0.2, -0.15) is 4.98 Å². The summed E-state index contributed by atoms with van der Waals surface area (Å²) in [4.78, 5) is 19.4.